The van der Waals surface area contributed by atoms with E-state index in [4.69, 9.17) is 14.5 Å². The number of ketones is 1. The summed E-state index contributed by atoms with van der Waals surface area (Å²) < 4.78 is 13.2. The van der Waals surface area contributed by atoms with Crippen molar-refractivity contribution in [1.82, 2.24) is 19.6 Å². The molecule has 0 saturated heterocycles. The summed E-state index contributed by atoms with van der Waals surface area (Å²) in [6.45, 7) is 4.20. The molecule has 3 heterocycles. The third kappa shape index (κ3) is 3.27. The quantitative estimate of drug-likeness (QED) is 0.437. The van der Waals surface area contributed by atoms with Crippen molar-refractivity contribution in [2.75, 3.05) is 7.11 Å². The Bertz CT molecular complexity index is 1450. The zero-order valence-corrected chi connectivity index (χ0v) is 19.3. The average molecular weight is 453 g/mol. The fourth-order valence-corrected chi connectivity index (χ4v) is 4.99. The molecule has 0 bridgehead atoms. The fourth-order valence-electron chi connectivity index (χ4n) is 4.99. The molecule has 34 heavy (non-hydrogen) atoms. The summed E-state index contributed by atoms with van der Waals surface area (Å²) >= 11 is 0. The second-order valence-electron chi connectivity index (χ2n) is 9.62. The van der Waals surface area contributed by atoms with Gasteiger partial charge in [0.1, 0.15) is 17.8 Å². The van der Waals surface area contributed by atoms with Crippen LogP contribution in [0.5, 0.6) is 11.6 Å². The molecule has 2 aliphatic rings. The van der Waals surface area contributed by atoms with Crippen molar-refractivity contribution in [1.29, 1.82) is 0 Å². The Morgan fingerprint density at radius 1 is 1.06 bits per heavy atom. The number of hydrogen-bond donors (Lipinski definition) is 0. The van der Waals surface area contributed by atoms with Gasteiger partial charge < -0.3 is 9.47 Å². The van der Waals surface area contributed by atoms with Crippen molar-refractivity contribution < 1.29 is 14.3 Å². The lowest BCUT2D eigenvalue weighted by molar-refractivity contribution is -0.118. The highest BCUT2D eigenvalue weighted by Gasteiger charge is 2.43. The maximum atomic E-state index is 13.4. The molecule has 4 aromatic rings. The molecule has 0 saturated carbocycles. The van der Waals surface area contributed by atoms with E-state index in [1.54, 1.807) is 18.0 Å². The molecule has 0 N–H and O–H groups in total. The fraction of sp³-hybridized carbons (Fsp3) is 0.259. The topological polar surface area (TPSA) is 78.6 Å². The molecule has 2 aromatic heterocycles. The normalized spacial score (nSPS) is 18.9. The van der Waals surface area contributed by atoms with Crippen LogP contribution in [0.2, 0.25) is 0 Å². The lowest BCUT2D eigenvalue weighted by Gasteiger charge is -2.37. The smallest absolute Gasteiger partial charge is 0.228 e. The molecular formula is C27H24N4O3. The van der Waals surface area contributed by atoms with Gasteiger partial charge in [-0.3, -0.25) is 4.79 Å². The van der Waals surface area contributed by atoms with E-state index in [1.165, 1.54) is 0 Å². The van der Waals surface area contributed by atoms with Crippen LogP contribution in [-0.2, 0) is 4.79 Å². The molecule has 1 atom stereocenters. The summed E-state index contributed by atoms with van der Waals surface area (Å²) in [6, 6.07) is 17.6. The second-order valence-corrected chi connectivity index (χ2v) is 9.62. The van der Waals surface area contributed by atoms with Crippen LogP contribution in [0.3, 0.4) is 0 Å². The van der Waals surface area contributed by atoms with E-state index >= 15 is 0 Å². The molecular weight excluding hydrogens is 428 g/mol. The predicted octanol–water partition coefficient (Wildman–Crippen LogP) is 4.97. The van der Waals surface area contributed by atoms with Crippen molar-refractivity contribution in [2.24, 2.45) is 5.41 Å². The summed E-state index contributed by atoms with van der Waals surface area (Å²) in [5.41, 5.74) is 3.83. The van der Waals surface area contributed by atoms with E-state index in [-0.39, 0.29) is 17.1 Å². The van der Waals surface area contributed by atoms with Crippen molar-refractivity contribution >= 4 is 11.4 Å². The van der Waals surface area contributed by atoms with E-state index in [1.807, 2.05) is 54.6 Å². The molecule has 170 valence electrons. The lowest BCUT2D eigenvalue weighted by atomic mass is 9.70. The van der Waals surface area contributed by atoms with Gasteiger partial charge in [0, 0.05) is 29.9 Å². The minimum Gasteiger partial charge on any atom is -0.497 e. The maximum Gasteiger partial charge on any atom is 0.228 e. The summed E-state index contributed by atoms with van der Waals surface area (Å²) in [7, 11) is 1.64. The summed E-state index contributed by atoms with van der Waals surface area (Å²) in [4.78, 5) is 22.9. The van der Waals surface area contributed by atoms with Gasteiger partial charge in [-0.05, 0) is 35.2 Å². The molecule has 0 spiro atoms. The maximum absolute atomic E-state index is 13.4. The Labute approximate surface area is 197 Å². The number of fused-ring (bicyclic) bond motifs is 3. The first-order valence-corrected chi connectivity index (χ1v) is 11.3. The molecule has 7 heteroatoms. The predicted molar refractivity (Wildman–Crippen MR) is 127 cm³/mol. The molecule has 7 nitrogen and oxygen atoms in total. The molecule has 0 fully saturated rings. The number of hydrogen-bond acceptors (Lipinski definition) is 6. The van der Waals surface area contributed by atoms with Crippen LogP contribution in [0.25, 0.3) is 17.0 Å². The Hall–Kier alpha value is -4.00. The number of carbonyl (C=O) groups is 1. The Kier molecular flexibility index (Phi) is 4.55. The van der Waals surface area contributed by atoms with Crippen molar-refractivity contribution in [3.05, 3.63) is 83.4 Å². The summed E-state index contributed by atoms with van der Waals surface area (Å²) in [6.07, 6.45) is 2.79. The van der Waals surface area contributed by atoms with E-state index in [0.29, 0.717) is 41.5 Å². The summed E-state index contributed by atoms with van der Waals surface area (Å²) in [5, 5.41) is 4.67. The molecule has 1 unspecified atom stereocenters. The number of methoxy groups -OCH3 is 1. The van der Waals surface area contributed by atoms with Gasteiger partial charge in [-0.2, -0.15) is 0 Å². The zero-order chi connectivity index (χ0) is 23.4. The molecule has 0 radical (unpaired) electrons. The van der Waals surface area contributed by atoms with Crippen LogP contribution in [0.15, 0.2) is 72.3 Å². The zero-order valence-electron chi connectivity index (χ0n) is 19.3. The van der Waals surface area contributed by atoms with Crippen molar-refractivity contribution in [3.63, 3.8) is 0 Å². The monoisotopic (exact) mass is 452 g/mol. The van der Waals surface area contributed by atoms with Crippen LogP contribution >= 0.6 is 0 Å². The van der Waals surface area contributed by atoms with E-state index in [0.717, 1.165) is 22.4 Å². The summed E-state index contributed by atoms with van der Waals surface area (Å²) in [5.74, 6) is 2.34. The lowest BCUT2D eigenvalue weighted by Crippen LogP contribution is -2.33. The Morgan fingerprint density at radius 3 is 2.56 bits per heavy atom. The highest BCUT2D eigenvalue weighted by molar-refractivity contribution is 6.00. The van der Waals surface area contributed by atoms with E-state index < -0.39 is 0 Å². The van der Waals surface area contributed by atoms with Crippen LogP contribution in [0.4, 0.5) is 0 Å². The SMILES string of the molecule is COc1ccc(-c2nc3c4c(ncn3n2)OC2=C(C(=O)CC(C)(C)C2)C4c2ccccc2)cc1. The third-order valence-corrected chi connectivity index (χ3v) is 6.54. The van der Waals surface area contributed by atoms with Gasteiger partial charge in [-0.15, -0.1) is 5.10 Å². The number of allylic oxidation sites excluding steroid dienone is 2. The molecule has 1 aliphatic heterocycles. The van der Waals surface area contributed by atoms with Gasteiger partial charge in [-0.25, -0.2) is 14.5 Å². The molecule has 1 aliphatic carbocycles. The number of benzene rings is 2. The number of carbonyl (C=O) groups excluding carboxylic acids is 1. The first-order chi connectivity index (χ1) is 16.4. The van der Waals surface area contributed by atoms with E-state index in [2.05, 4.69) is 23.9 Å². The second kappa shape index (κ2) is 7.52. The minimum absolute atomic E-state index is 0.114. The number of Topliss-reactive ketones (excluding diaryl/α,β-unsaturated/α-hetero) is 1. The largest absolute Gasteiger partial charge is 0.497 e. The Balaban J connectivity index is 1.56. The number of ether oxygens (including phenoxy) is 2. The van der Waals surface area contributed by atoms with Crippen LogP contribution < -0.4 is 9.47 Å². The first-order valence-electron chi connectivity index (χ1n) is 11.3. The highest BCUT2D eigenvalue weighted by atomic mass is 16.5. The van der Waals surface area contributed by atoms with E-state index in [9.17, 15) is 4.79 Å². The van der Waals surface area contributed by atoms with Crippen molar-refractivity contribution in [2.45, 2.75) is 32.6 Å². The molecule has 2 aromatic carbocycles. The van der Waals surface area contributed by atoms with Crippen LogP contribution in [0, 0.1) is 5.41 Å². The number of rotatable bonds is 3. The average Bonchev–Trinajstić information content (AvgIpc) is 3.27. The Morgan fingerprint density at radius 2 is 1.82 bits per heavy atom. The van der Waals surface area contributed by atoms with Crippen molar-refractivity contribution in [3.8, 4) is 23.0 Å². The third-order valence-electron chi connectivity index (χ3n) is 6.54. The van der Waals surface area contributed by atoms with Gasteiger partial charge in [0.25, 0.3) is 0 Å². The standard InChI is InChI=1S/C27H24N4O3/c1-27(2)13-19(32)22-20(14-27)34-26-23(21(22)16-7-5-4-6-8-16)25-29-24(30-31(25)15-28-26)17-9-11-18(33-3)12-10-17/h4-12,15,21H,13-14H2,1-3H3. The van der Waals surface area contributed by atoms with Gasteiger partial charge >= 0.3 is 0 Å². The highest BCUT2D eigenvalue weighted by Crippen LogP contribution is 2.50. The molecule has 6 rings (SSSR count). The van der Waals surface area contributed by atoms with Gasteiger partial charge in [0.15, 0.2) is 17.3 Å². The van der Waals surface area contributed by atoms with Gasteiger partial charge in [0.05, 0.1) is 12.7 Å². The minimum atomic E-state index is -0.312. The van der Waals surface area contributed by atoms with Crippen LogP contribution in [0.1, 0.15) is 43.7 Å². The van der Waals surface area contributed by atoms with Crippen LogP contribution in [-0.4, -0.2) is 32.5 Å². The number of nitrogens with zero attached hydrogens (tertiary/aromatic N) is 4. The van der Waals surface area contributed by atoms with Gasteiger partial charge in [0.2, 0.25) is 5.88 Å². The first kappa shape index (κ1) is 20.6. The molecule has 0 amide bonds. The number of aromatic nitrogens is 4. The van der Waals surface area contributed by atoms with Gasteiger partial charge in [-0.1, -0.05) is 44.2 Å².